The molecule has 1 amide bonds. The number of carboxylic acid groups (broad SMARTS) is 1. The number of aromatic nitrogens is 4. The minimum absolute atomic E-state index is 0.00201. The van der Waals surface area contributed by atoms with Crippen molar-refractivity contribution in [1.29, 1.82) is 0 Å². The fourth-order valence-corrected chi connectivity index (χ4v) is 4.99. The molecular weight excluding hydrogens is 517 g/mol. The zero-order valence-corrected chi connectivity index (χ0v) is 21.3. The number of halogens is 3. The lowest BCUT2D eigenvalue weighted by Crippen LogP contribution is -2.40. The summed E-state index contributed by atoms with van der Waals surface area (Å²) in [6.07, 6.45) is -4.18. The van der Waals surface area contributed by atoms with E-state index in [9.17, 15) is 18.0 Å². The fourth-order valence-electron chi connectivity index (χ4n) is 4.99. The molecule has 1 unspecified atom stereocenters. The minimum atomic E-state index is -4.59. The monoisotopic (exact) mass is 544 g/mol. The summed E-state index contributed by atoms with van der Waals surface area (Å²) in [6.45, 7) is 2.75. The number of likely N-dealkylation sites (tertiary alicyclic amines) is 1. The molecule has 2 N–H and O–H groups in total. The van der Waals surface area contributed by atoms with E-state index in [2.05, 4.69) is 15.5 Å². The van der Waals surface area contributed by atoms with Crippen molar-refractivity contribution in [2.45, 2.75) is 31.6 Å². The van der Waals surface area contributed by atoms with Gasteiger partial charge in [0.05, 0.1) is 12.1 Å². The Hall–Kier alpha value is -3.97. The van der Waals surface area contributed by atoms with Crippen LogP contribution in [0.25, 0.3) is 28.1 Å². The van der Waals surface area contributed by atoms with Crippen molar-refractivity contribution in [3.05, 3.63) is 53.7 Å². The van der Waals surface area contributed by atoms with Gasteiger partial charge in [0.15, 0.2) is 11.5 Å². The Bertz CT molecular complexity index is 1510. The van der Waals surface area contributed by atoms with Gasteiger partial charge >= 0.3 is 12.3 Å². The molecule has 1 saturated heterocycles. The van der Waals surface area contributed by atoms with Gasteiger partial charge in [0, 0.05) is 43.4 Å². The number of hydrogen-bond donors (Lipinski definition) is 2. The van der Waals surface area contributed by atoms with Gasteiger partial charge in [-0.25, -0.2) is 9.78 Å². The number of ether oxygens (including phenoxy) is 2. The standard InChI is InChI=1S/C26H27F3N6O4/c1-15-20(39-12-11-38-2)7-4-16-3-6-19(31-22(15)16)24-33-32-21-8-5-17(13-35(21)24)23(26(27,28)29)34-10-9-18(14-34)30-25(36)37/h3-8,13,18,23,30H,9-12,14H2,1-2H3,(H,36,37)/t18?,23-/m1/s1. The third kappa shape index (κ3) is 5.45. The maximum absolute atomic E-state index is 14.3. The lowest BCUT2D eigenvalue weighted by molar-refractivity contribution is -0.184. The van der Waals surface area contributed by atoms with Gasteiger partial charge in [0.25, 0.3) is 0 Å². The molecule has 5 rings (SSSR count). The van der Waals surface area contributed by atoms with Crippen molar-refractivity contribution in [3.8, 4) is 17.3 Å². The van der Waals surface area contributed by atoms with Crippen molar-refractivity contribution >= 4 is 22.6 Å². The normalized spacial score (nSPS) is 17.1. The number of amides is 1. The molecule has 4 aromatic rings. The van der Waals surface area contributed by atoms with Crippen molar-refractivity contribution in [2.75, 3.05) is 33.4 Å². The van der Waals surface area contributed by atoms with Crippen LogP contribution in [0.4, 0.5) is 18.0 Å². The highest BCUT2D eigenvalue weighted by molar-refractivity contribution is 5.85. The van der Waals surface area contributed by atoms with E-state index in [1.54, 1.807) is 13.2 Å². The third-order valence-electron chi connectivity index (χ3n) is 6.80. The van der Waals surface area contributed by atoms with Crippen molar-refractivity contribution in [3.63, 3.8) is 0 Å². The molecule has 0 aliphatic carbocycles. The number of nitrogens with zero attached hydrogens (tertiary/aromatic N) is 5. The summed E-state index contributed by atoms with van der Waals surface area (Å²) in [5, 5.41) is 20.5. The second-order valence-electron chi connectivity index (χ2n) is 9.39. The lowest BCUT2D eigenvalue weighted by Gasteiger charge is -2.30. The first-order valence-corrected chi connectivity index (χ1v) is 12.3. The molecule has 2 atom stereocenters. The molecule has 1 aliphatic heterocycles. The van der Waals surface area contributed by atoms with Crippen LogP contribution in [0.5, 0.6) is 5.75 Å². The predicted octanol–water partition coefficient (Wildman–Crippen LogP) is 4.22. The molecule has 0 saturated carbocycles. The SMILES string of the molecule is COCCOc1ccc2ccc(-c3nnc4ccc([C@@H](N5CCC(NC(=O)O)C5)C(F)(F)F)cn34)nc2c1C. The average Bonchev–Trinajstić information content (AvgIpc) is 3.51. The molecule has 206 valence electrons. The molecule has 1 aliphatic rings. The highest BCUT2D eigenvalue weighted by Gasteiger charge is 2.47. The second-order valence-corrected chi connectivity index (χ2v) is 9.39. The first-order valence-electron chi connectivity index (χ1n) is 12.3. The highest BCUT2D eigenvalue weighted by atomic mass is 19.4. The molecule has 4 heterocycles. The first kappa shape index (κ1) is 26.6. The van der Waals surface area contributed by atoms with Crippen molar-refractivity contribution in [2.24, 2.45) is 0 Å². The van der Waals surface area contributed by atoms with Crippen molar-refractivity contribution < 1.29 is 32.5 Å². The summed E-state index contributed by atoms with van der Waals surface area (Å²) < 4.78 is 55.3. The molecule has 3 aromatic heterocycles. The maximum atomic E-state index is 14.3. The van der Waals surface area contributed by atoms with Crippen LogP contribution in [0, 0.1) is 6.92 Å². The Morgan fingerprint density at radius 1 is 1.18 bits per heavy atom. The zero-order chi connectivity index (χ0) is 27.7. The summed E-state index contributed by atoms with van der Waals surface area (Å²) in [5.41, 5.74) is 2.31. The van der Waals surface area contributed by atoms with Gasteiger partial charge in [-0.1, -0.05) is 12.1 Å². The van der Waals surface area contributed by atoms with Gasteiger partial charge in [-0.3, -0.25) is 9.30 Å². The number of hydrogen-bond acceptors (Lipinski definition) is 7. The van der Waals surface area contributed by atoms with Crippen molar-refractivity contribution in [1.82, 2.24) is 29.8 Å². The quantitative estimate of drug-likeness (QED) is 0.317. The van der Waals surface area contributed by atoms with Crippen LogP contribution in [0.3, 0.4) is 0 Å². The molecule has 1 aromatic carbocycles. The first-order chi connectivity index (χ1) is 18.7. The summed E-state index contributed by atoms with van der Waals surface area (Å²) in [7, 11) is 1.59. The average molecular weight is 545 g/mol. The Balaban J connectivity index is 1.51. The number of alkyl halides is 3. The van der Waals surface area contributed by atoms with Crippen LogP contribution >= 0.6 is 0 Å². The Labute approximate surface area is 221 Å². The number of pyridine rings is 2. The largest absolute Gasteiger partial charge is 0.491 e. The van der Waals surface area contributed by atoms with Gasteiger partial charge in [0.1, 0.15) is 24.1 Å². The lowest BCUT2D eigenvalue weighted by atomic mass is 10.1. The highest BCUT2D eigenvalue weighted by Crippen LogP contribution is 2.40. The van der Waals surface area contributed by atoms with Crippen LogP contribution in [0.2, 0.25) is 0 Å². The number of benzene rings is 1. The number of methoxy groups -OCH3 is 1. The van der Waals surface area contributed by atoms with E-state index in [0.717, 1.165) is 10.9 Å². The van der Waals surface area contributed by atoms with E-state index < -0.39 is 24.4 Å². The Morgan fingerprint density at radius 3 is 2.72 bits per heavy atom. The van der Waals surface area contributed by atoms with E-state index in [0.29, 0.717) is 41.6 Å². The zero-order valence-electron chi connectivity index (χ0n) is 21.3. The molecule has 0 bridgehead atoms. The molecule has 0 radical (unpaired) electrons. The maximum Gasteiger partial charge on any atom is 0.408 e. The van der Waals surface area contributed by atoms with Crippen LogP contribution in [0.1, 0.15) is 23.6 Å². The summed E-state index contributed by atoms with van der Waals surface area (Å²) in [4.78, 5) is 17.0. The molecule has 10 nitrogen and oxygen atoms in total. The summed E-state index contributed by atoms with van der Waals surface area (Å²) in [5.74, 6) is 0.957. The van der Waals surface area contributed by atoms with Gasteiger partial charge in [-0.15, -0.1) is 10.2 Å². The van der Waals surface area contributed by atoms with Gasteiger partial charge in [0.2, 0.25) is 0 Å². The molecule has 39 heavy (non-hydrogen) atoms. The van der Waals surface area contributed by atoms with E-state index in [1.165, 1.54) is 27.6 Å². The smallest absolute Gasteiger partial charge is 0.408 e. The topological polar surface area (TPSA) is 114 Å². The van der Waals surface area contributed by atoms with E-state index in [-0.39, 0.29) is 25.1 Å². The second kappa shape index (κ2) is 10.7. The fraction of sp³-hybridized carbons (Fsp3) is 0.385. The Kier molecular flexibility index (Phi) is 7.28. The van der Waals surface area contributed by atoms with E-state index >= 15 is 0 Å². The summed E-state index contributed by atoms with van der Waals surface area (Å²) >= 11 is 0. The molecule has 13 heteroatoms. The van der Waals surface area contributed by atoms with E-state index in [4.69, 9.17) is 19.6 Å². The number of rotatable bonds is 8. The number of fused-ring (bicyclic) bond motifs is 2. The van der Waals surface area contributed by atoms with Gasteiger partial charge in [-0.2, -0.15) is 13.2 Å². The van der Waals surface area contributed by atoms with Crippen LogP contribution in [0.15, 0.2) is 42.6 Å². The van der Waals surface area contributed by atoms with Gasteiger partial charge < -0.3 is 19.9 Å². The number of carbonyl (C=O) groups is 1. The molecular formula is C26H27F3N6O4. The minimum Gasteiger partial charge on any atom is -0.491 e. The molecule has 1 fully saturated rings. The third-order valence-corrected chi connectivity index (χ3v) is 6.80. The molecule has 0 spiro atoms. The number of nitrogens with one attached hydrogen (secondary N) is 1. The van der Waals surface area contributed by atoms with Crippen LogP contribution < -0.4 is 10.1 Å². The van der Waals surface area contributed by atoms with Crippen LogP contribution in [-0.4, -0.2) is 81.3 Å². The predicted molar refractivity (Wildman–Crippen MR) is 136 cm³/mol. The summed E-state index contributed by atoms with van der Waals surface area (Å²) in [6, 6.07) is 7.74. The number of aryl methyl sites for hydroxylation is 1. The Morgan fingerprint density at radius 2 is 1.97 bits per heavy atom. The van der Waals surface area contributed by atoms with Gasteiger partial charge in [-0.05, 0) is 43.2 Å². The van der Waals surface area contributed by atoms with E-state index in [1.807, 2.05) is 25.1 Å². The van der Waals surface area contributed by atoms with Crippen LogP contribution in [-0.2, 0) is 4.74 Å².